The van der Waals surface area contributed by atoms with Gasteiger partial charge in [0.15, 0.2) is 0 Å². The zero-order valence-electron chi connectivity index (χ0n) is 12.1. The van der Waals surface area contributed by atoms with E-state index < -0.39 is 17.5 Å². The number of carbonyl (C=O) groups excluding carboxylic acids is 1. The molecule has 8 nitrogen and oxygen atoms in total. The minimum Gasteiger partial charge on any atom is -0.480 e. The number of hydrogen-bond acceptors (Lipinski definition) is 5. The molecule has 2 amide bonds. The van der Waals surface area contributed by atoms with Gasteiger partial charge in [-0.1, -0.05) is 5.16 Å². The van der Waals surface area contributed by atoms with Gasteiger partial charge in [-0.2, -0.15) is 0 Å². The van der Waals surface area contributed by atoms with E-state index >= 15 is 0 Å². The van der Waals surface area contributed by atoms with Gasteiger partial charge in [-0.25, -0.2) is 9.59 Å². The summed E-state index contributed by atoms with van der Waals surface area (Å²) in [4.78, 5) is 23.4. The van der Waals surface area contributed by atoms with Crippen molar-refractivity contribution in [3.8, 4) is 0 Å². The third-order valence-corrected chi connectivity index (χ3v) is 3.72. The number of rotatable bonds is 4. The molecule has 2 heterocycles. The van der Waals surface area contributed by atoms with Crippen LogP contribution in [0.5, 0.6) is 0 Å². The summed E-state index contributed by atoms with van der Waals surface area (Å²) in [5.74, 6) is -0.412. The van der Waals surface area contributed by atoms with E-state index in [4.69, 9.17) is 9.26 Å². The first-order valence-electron chi connectivity index (χ1n) is 6.73. The predicted molar refractivity (Wildman–Crippen MR) is 71.8 cm³/mol. The van der Waals surface area contributed by atoms with Crippen LogP contribution in [-0.4, -0.2) is 41.0 Å². The van der Waals surface area contributed by atoms with Gasteiger partial charge in [-0.05, 0) is 13.8 Å². The number of aryl methyl sites for hydroxylation is 2. The maximum Gasteiger partial charge on any atom is 0.329 e. The van der Waals surface area contributed by atoms with E-state index in [1.54, 1.807) is 13.8 Å². The molecule has 116 valence electrons. The molecule has 0 radical (unpaired) electrons. The van der Waals surface area contributed by atoms with Crippen LogP contribution in [-0.2, 0) is 16.1 Å². The van der Waals surface area contributed by atoms with E-state index in [0.717, 1.165) is 5.56 Å². The average molecular weight is 297 g/mol. The number of ether oxygens (including phenoxy) is 1. The lowest BCUT2D eigenvalue weighted by Gasteiger charge is -2.33. The van der Waals surface area contributed by atoms with Crippen molar-refractivity contribution in [2.24, 2.45) is 0 Å². The molecular formula is C13H19N3O5. The SMILES string of the molecule is Cc1noc(C)c1CNC(=O)NC1(C(=O)O)CCOCC1. The van der Waals surface area contributed by atoms with E-state index in [9.17, 15) is 14.7 Å². The number of aromatic nitrogens is 1. The third-order valence-electron chi connectivity index (χ3n) is 3.72. The Morgan fingerprint density at radius 1 is 1.33 bits per heavy atom. The number of nitrogens with one attached hydrogen (secondary N) is 2. The number of nitrogens with zero attached hydrogens (tertiary/aromatic N) is 1. The highest BCUT2D eigenvalue weighted by Crippen LogP contribution is 2.21. The molecule has 0 aromatic carbocycles. The Hall–Kier alpha value is -2.09. The van der Waals surface area contributed by atoms with Crippen LogP contribution in [0.4, 0.5) is 4.79 Å². The maximum atomic E-state index is 12.0. The highest BCUT2D eigenvalue weighted by atomic mass is 16.5. The van der Waals surface area contributed by atoms with Crippen LogP contribution in [0, 0.1) is 13.8 Å². The molecule has 1 saturated heterocycles. The molecule has 0 aliphatic carbocycles. The van der Waals surface area contributed by atoms with Crippen molar-refractivity contribution in [3.05, 3.63) is 17.0 Å². The summed E-state index contributed by atoms with van der Waals surface area (Å²) < 4.78 is 10.2. The number of urea groups is 1. The Bertz CT molecular complexity index is 514. The predicted octanol–water partition coefficient (Wildman–Crippen LogP) is 0.724. The number of carboxylic acids is 1. The summed E-state index contributed by atoms with van der Waals surface area (Å²) in [5.41, 5.74) is 0.231. The van der Waals surface area contributed by atoms with Crippen molar-refractivity contribution in [2.75, 3.05) is 13.2 Å². The molecule has 0 atom stereocenters. The van der Waals surface area contributed by atoms with Crippen molar-refractivity contribution in [1.29, 1.82) is 0 Å². The van der Waals surface area contributed by atoms with Gasteiger partial charge >= 0.3 is 12.0 Å². The van der Waals surface area contributed by atoms with Crippen LogP contribution in [0.15, 0.2) is 4.52 Å². The normalized spacial score (nSPS) is 17.2. The number of hydrogen-bond donors (Lipinski definition) is 3. The third kappa shape index (κ3) is 3.33. The fourth-order valence-corrected chi connectivity index (χ4v) is 2.30. The highest BCUT2D eigenvalue weighted by Gasteiger charge is 2.41. The minimum absolute atomic E-state index is 0.235. The van der Waals surface area contributed by atoms with E-state index in [1.165, 1.54) is 0 Å². The van der Waals surface area contributed by atoms with E-state index in [1.807, 2.05) is 0 Å². The molecular weight excluding hydrogens is 278 g/mol. The van der Waals surface area contributed by atoms with Gasteiger partial charge in [-0.3, -0.25) is 0 Å². The van der Waals surface area contributed by atoms with Crippen LogP contribution in [0.25, 0.3) is 0 Å². The Balaban J connectivity index is 1.95. The van der Waals surface area contributed by atoms with Gasteiger partial charge in [-0.15, -0.1) is 0 Å². The highest BCUT2D eigenvalue weighted by molar-refractivity contribution is 5.86. The monoisotopic (exact) mass is 297 g/mol. The molecule has 0 spiro atoms. The van der Waals surface area contributed by atoms with Gasteiger partial charge in [0, 0.05) is 38.2 Å². The minimum atomic E-state index is -1.26. The smallest absolute Gasteiger partial charge is 0.329 e. The zero-order valence-corrected chi connectivity index (χ0v) is 12.1. The molecule has 1 aliphatic rings. The molecule has 1 aromatic rings. The number of aliphatic carboxylic acids is 1. The quantitative estimate of drug-likeness (QED) is 0.754. The van der Waals surface area contributed by atoms with Crippen molar-refractivity contribution in [2.45, 2.75) is 38.8 Å². The fourth-order valence-electron chi connectivity index (χ4n) is 2.30. The second kappa shape index (κ2) is 6.13. The molecule has 2 rings (SSSR count). The number of carbonyl (C=O) groups is 2. The lowest BCUT2D eigenvalue weighted by Crippen LogP contribution is -2.59. The first-order valence-corrected chi connectivity index (χ1v) is 6.73. The van der Waals surface area contributed by atoms with Crippen LogP contribution in [0.1, 0.15) is 29.9 Å². The Morgan fingerprint density at radius 3 is 2.52 bits per heavy atom. The van der Waals surface area contributed by atoms with Crippen molar-refractivity contribution in [3.63, 3.8) is 0 Å². The second-order valence-electron chi connectivity index (χ2n) is 5.11. The lowest BCUT2D eigenvalue weighted by molar-refractivity contribution is -0.148. The molecule has 8 heteroatoms. The fraction of sp³-hybridized carbons (Fsp3) is 0.615. The van der Waals surface area contributed by atoms with Gasteiger partial charge in [0.25, 0.3) is 0 Å². The Kier molecular flexibility index (Phi) is 4.46. The first kappa shape index (κ1) is 15.3. The molecule has 0 bridgehead atoms. The molecule has 0 saturated carbocycles. The summed E-state index contributed by atoms with van der Waals surface area (Å²) in [7, 11) is 0. The first-order chi connectivity index (χ1) is 9.94. The molecule has 1 aliphatic heterocycles. The molecule has 0 unspecified atom stereocenters. The van der Waals surface area contributed by atoms with Crippen LogP contribution in [0.2, 0.25) is 0 Å². The van der Waals surface area contributed by atoms with Crippen LogP contribution in [0.3, 0.4) is 0 Å². The Morgan fingerprint density at radius 2 is 2.00 bits per heavy atom. The van der Waals surface area contributed by atoms with Crippen LogP contribution < -0.4 is 10.6 Å². The molecule has 1 aromatic heterocycles. The standard InChI is InChI=1S/C13H19N3O5/c1-8-10(9(2)21-16-8)7-14-12(19)15-13(11(17)18)3-5-20-6-4-13/h3-7H2,1-2H3,(H,17,18)(H2,14,15,19). The van der Waals surface area contributed by atoms with E-state index in [2.05, 4.69) is 15.8 Å². The topological polar surface area (TPSA) is 114 Å². The number of amides is 2. The number of carboxylic acid groups (broad SMARTS) is 1. The Labute approximate surface area is 121 Å². The van der Waals surface area contributed by atoms with Crippen molar-refractivity contribution in [1.82, 2.24) is 15.8 Å². The van der Waals surface area contributed by atoms with Crippen molar-refractivity contribution >= 4 is 12.0 Å². The van der Waals surface area contributed by atoms with Gasteiger partial charge in [0.05, 0.1) is 5.69 Å². The summed E-state index contributed by atoms with van der Waals surface area (Å²) in [6, 6.07) is -0.528. The van der Waals surface area contributed by atoms with Gasteiger partial charge < -0.3 is 25.0 Å². The van der Waals surface area contributed by atoms with Gasteiger partial charge in [0.2, 0.25) is 0 Å². The largest absolute Gasteiger partial charge is 0.480 e. The molecule has 1 fully saturated rings. The second-order valence-corrected chi connectivity index (χ2v) is 5.11. The maximum absolute atomic E-state index is 12.0. The molecule has 3 N–H and O–H groups in total. The summed E-state index contributed by atoms with van der Waals surface area (Å²) in [6.07, 6.45) is 0.502. The summed E-state index contributed by atoms with van der Waals surface area (Å²) >= 11 is 0. The van der Waals surface area contributed by atoms with E-state index in [-0.39, 0.29) is 19.4 Å². The van der Waals surface area contributed by atoms with E-state index in [0.29, 0.717) is 24.7 Å². The molecule has 21 heavy (non-hydrogen) atoms. The average Bonchev–Trinajstić information content (AvgIpc) is 2.76. The van der Waals surface area contributed by atoms with Crippen molar-refractivity contribution < 1.29 is 24.0 Å². The lowest BCUT2D eigenvalue weighted by atomic mass is 9.90. The van der Waals surface area contributed by atoms with Crippen LogP contribution >= 0.6 is 0 Å². The zero-order chi connectivity index (χ0) is 15.5. The summed E-state index contributed by atoms with van der Waals surface area (Å²) in [5, 5.41) is 18.3. The van der Waals surface area contributed by atoms with Gasteiger partial charge in [0.1, 0.15) is 11.3 Å². The summed E-state index contributed by atoms with van der Waals surface area (Å²) in [6.45, 7) is 4.40.